The third-order valence-electron chi connectivity index (χ3n) is 2.81. The van der Waals surface area contributed by atoms with E-state index in [0.29, 0.717) is 12.5 Å². The number of hydrogen-bond acceptors (Lipinski definition) is 3. The number of hydrogen-bond donors (Lipinski definition) is 0. The molecule has 1 fully saturated rings. The Hall–Kier alpha value is -0.830. The van der Waals surface area contributed by atoms with Gasteiger partial charge in [0.1, 0.15) is 0 Å². The number of allylic oxidation sites excluding steroid dienone is 2. The maximum absolute atomic E-state index is 10.2. The number of carbonyl (C=O) groups excluding carboxylic acids is 1. The molecule has 1 atom stereocenters. The molecule has 0 aromatic carbocycles. The maximum Gasteiger partial charge on any atom is 0.0892 e. The van der Waals surface area contributed by atoms with Gasteiger partial charge in [-0.25, -0.2) is 0 Å². The van der Waals surface area contributed by atoms with E-state index in [4.69, 9.17) is 4.74 Å². The summed E-state index contributed by atoms with van der Waals surface area (Å²) >= 11 is 0. The number of carboxylic acids is 1. The van der Waals surface area contributed by atoms with Crippen LogP contribution < -0.4 is 5.11 Å². The summed E-state index contributed by atoms with van der Waals surface area (Å²) in [5.41, 5.74) is 1.30. The predicted molar refractivity (Wildman–Crippen MR) is 56.2 cm³/mol. The summed E-state index contributed by atoms with van der Waals surface area (Å²) in [7, 11) is 0. The van der Waals surface area contributed by atoms with Crippen LogP contribution in [0.4, 0.5) is 0 Å². The standard InChI is InChI=1S/C12H20O3/c1-9(5-4-6-11(13)14)7-8-10-12(2,3)15-10/h5,10H,4,6-8H2,1-3H3,(H,13,14)/p-1/b9-5+. The highest BCUT2D eigenvalue weighted by molar-refractivity contribution is 5.64. The Morgan fingerprint density at radius 1 is 1.47 bits per heavy atom. The topological polar surface area (TPSA) is 52.7 Å². The van der Waals surface area contributed by atoms with Crippen LogP contribution in [-0.4, -0.2) is 17.7 Å². The molecule has 1 saturated heterocycles. The molecule has 1 rings (SSSR count). The van der Waals surface area contributed by atoms with E-state index < -0.39 is 5.97 Å². The van der Waals surface area contributed by atoms with E-state index in [2.05, 4.69) is 13.8 Å². The minimum atomic E-state index is -0.981. The lowest BCUT2D eigenvalue weighted by Crippen LogP contribution is -2.21. The second kappa shape index (κ2) is 4.79. The van der Waals surface area contributed by atoms with E-state index in [9.17, 15) is 9.90 Å². The molecular formula is C12H19O3-. The van der Waals surface area contributed by atoms with Crippen LogP contribution in [0.1, 0.15) is 46.5 Å². The van der Waals surface area contributed by atoms with Crippen molar-refractivity contribution in [3.05, 3.63) is 11.6 Å². The molecule has 0 bridgehead atoms. The third kappa shape index (κ3) is 4.47. The highest BCUT2D eigenvalue weighted by Crippen LogP contribution is 2.38. The lowest BCUT2D eigenvalue weighted by molar-refractivity contribution is -0.305. The van der Waals surface area contributed by atoms with Crippen LogP contribution in [0, 0.1) is 0 Å². The molecule has 1 unspecified atom stereocenters. The first-order valence-corrected chi connectivity index (χ1v) is 5.45. The number of aliphatic carboxylic acids is 1. The Labute approximate surface area is 91.1 Å². The monoisotopic (exact) mass is 211 g/mol. The van der Waals surface area contributed by atoms with Crippen LogP contribution in [0.2, 0.25) is 0 Å². The van der Waals surface area contributed by atoms with Crippen molar-refractivity contribution in [3.63, 3.8) is 0 Å². The Bertz CT molecular complexity index is 266. The van der Waals surface area contributed by atoms with Gasteiger partial charge in [0.25, 0.3) is 0 Å². The van der Waals surface area contributed by atoms with Crippen molar-refractivity contribution in [1.82, 2.24) is 0 Å². The molecule has 1 heterocycles. The minimum absolute atomic E-state index is 0.0608. The van der Waals surface area contributed by atoms with Crippen LogP contribution in [0.25, 0.3) is 0 Å². The number of carbonyl (C=O) groups is 1. The molecule has 0 saturated carbocycles. The quantitative estimate of drug-likeness (QED) is 0.493. The first-order valence-electron chi connectivity index (χ1n) is 5.45. The van der Waals surface area contributed by atoms with Gasteiger partial charge in [0.15, 0.2) is 0 Å². The number of ether oxygens (including phenoxy) is 1. The maximum atomic E-state index is 10.2. The van der Waals surface area contributed by atoms with E-state index in [1.165, 1.54) is 5.57 Å². The second-order valence-corrected chi connectivity index (χ2v) is 4.71. The summed E-state index contributed by atoms with van der Waals surface area (Å²) in [6.07, 6.45) is 5.06. The second-order valence-electron chi connectivity index (χ2n) is 4.71. The lowest BCUT2D eigenvalue weighted by atomic mass is 10.0. The van der Waals surface area contributed by atoms with Crippen LogP contribution in [0.15, 0.2) is 11.6 Å². The molecular weight excluding hydrogens is 192 g/mol. The zero-order valence-electron chi connectivity index (χ0n) is 9.71. The van der Waals surface area contributed by atoms with Gasteiger partial charge in [-0.15, -0.1) is 0 Å². The van der Waals surface area contributed by atoms with Crippen molar-refractivity contribution in [2.45, 2.75) is 58.2 Å². The molecule has 0 aliphatic carbocycles. The molecule has 3 heteroatoms. The summed E-state index contributed by atoms with van der Waals surface area (Å²) in [5.74, 6) is -0.981. The van der Waals surface area contributed by atoms with E-state index in [1.807, 2.05) is 13.0 Å². The van der Waals surface area contributed by atoms with Crippen LogP contribution in [0.3, 0.4) is 0 Å². The largest absolute Gasteiger partial charge is 0.550 e. The van der Waals surface area contributed by atoms with Gasteiger partial charge in [-0.1, -0.05) is 11.6 Å². The highest BCUT2D eigenvalue weighted by atomic mass is 16.6. The number of carboxylic acid groups (broad SMARTS) is 1. The minimum Gasteiger partial charge on any atom is -0.550 e. The Kier molecular flexibility index (Phi) is 3.91. The van der Waals surface area contributed by atoms with Crippen molar-refractivity contribution in [2.75, 3.05) is 0 Å². The van der Waals surface area contributed by atoms with Gasteiger partial charge in [-0.3, -0.25) is 0 Å². The predicted octanol–water partition coefficient (Wildman–Crippen LogP) is 1.42. The fourth-order valence-corrected chi connectivity index (χ4v) is 1.64. The molecule has 15 heavy (non-hydrogen) atoms. The fourth-order valence-electron chi connectivity index (χ4n) is 1.64. The average Bonchev–Trinajstić information content (AvgIpc) is 2.70. The van der Waals surface area contributed by atoms with Crippen molar-refractivity contribution in [1.29, 1.82) is 0 Å². The van der Waals surface area contributed by atoms with Gasteiger partial charge in [0, 0.05) is 5.97 Å². The molecule has 86 valence electrons. The summed E-state index contributed by atoms with van der Waals surface area (Å²) in [6.45, 7) is 6.21. The lowest BCUT2D eigenvalue weighted by Gasteiger charge is -2.01. The number of rotatable bonds is 6. The van der Waals surface area contributed by atoms with E-state index >= 15 is 0 Å². The average molecular weight is 211 g/mol. The molecule has 0 amide bonds. The molecule has 1 aliphatic heterocycles. The molecule has 3 nitrogen and oxygen atoms in total. The van der Waals surface area contributed by atoms with Gasteiger partial charge >= 0.3 is 0 Å². The Balaban J connectivity index is 2.13. The summed E-state index contributed by atoms with van der Waals surface area (Å²) < 4.78 is 5.47. The SMILES string of the molecule is C/C(=C\CCC(=O)[O-])CCC1OC1(C)C. The van der Waals surface area contributed by atoms with Crippen LogP contribution >= 0.6 is 0 Å². The van der Waals surface area contributed by atoms with Gasteiger partial charge in [0.05, 0.1) is 11.7 Å². The van der Waals surface area contributed by atoms with Gasteiger partial charge in [-0.05, 0) is 46.5 Å². The van der Waals surface area contributed by atoms with Gasteiger partial charge in [0.2, 0.25) is 0 Å². The molecule has 0 radical (unpaired) electrons. The number of epoxide rings is 1. The first-order chi connectivity index (χ1) is 6.92. The summed E-state index contributed by atoms with van der Waals surface area (Å²) in [6, 6.07) is 0. The van der Waals surface area contributed by atoms with Crippen molar-refractivity contribution in [2.24, 2.45) is 0 Å². The first kappa shape index (κ1) is 12.2. The Morgan fingerprint density at radius 2 is 2.07 bits per heavy atom. The highest BCUT2D eigenvalue weighted by Gasteiger charge is 2.46. The van der Waals surface area contributed by atoms with Crippen molar-refractivity contribution < 1.29 is 14.6 Å². The normalized spacial score (nSPS) is 23.9. The van der Waals surface area contributed by atoms with Crippen molar-refractivity contribution in [3.8, 4) is 0 Å². The zero-order valence-corrected chi connectivity index (χ0v) is 9.71. The molecule has 0 spiro atoms. The third-order valence-corrected chi connectivity index (χ3v) is 2.81. The Morgan fingerprint density at radius 3 is 2.53 bits per heavy atom. The van der Waals surface area contributed by atoms with E-state index in [0.717, 1.165) is 12.8 Å². The molecule has 1 aliphatic rings. The van der Waals surface area contributed by atoms with E-state index in [1.54, 1.807) is 0 Å². The molecule has 0 aromatic heterocycles. The fraction of sp³-hybridized carbons (Fsp3) is 0.750. The van der Waals surface area contributed by atoms with Gasteiger partial charge < -0.3 is 14.6 Å². The van der Waals surface area contributed by atoms with Crippen LogP contribution in [-0.2, 0) is 9.53 Å². The van der Waals surface area contributed by atoms with Gasteiger partial charge in [-0.2, -0.15) is 0 Å². The smallest absolute Gasteiger partial charge is 0.0892 e. The van der Waals surface area contributed by atoms with Crippen LogP contribution in [0.5, 0.6) is 0 Å². The summed E-state index contributed by atoms with van der Waals surface area (Å²) in [5, 5.41) is 10.2. The summed E-state index contributed by atoms with van der Waals surface area (Å²) in [4.78, 5) is 10.2. The molecule has 0 N–H and O–H groups in total. The van der Waals surface area contributed by atoms with Crippen molar-refractivity contribution >= 4 is 5.97 Å². The van der Waals surface area contributed by atoms with E-state index in [-0.39, 0.29) is 12.0 Å². The zero-order chi connectivity index (χ0) is 11.5. The molecule has 0 aromatic rings.